The van der Waals surface area contributed by atoms with Crippen LogP contribution in [0.2, 0.25) is 0 Å². The Morgan fingerprint density at radius 2 is 2.18 bits per heavy atom. The third-order valence-electron chi connectivity index (χ3n) is 1.58. The Labute approximate surface area is 70.6 Å². The summed E-state index contributed by atoms with van der Waals surface area (Å²) in [6.45, 7) is 0.687. The summed E-state index contributed by atoms with van der Waals surface area (Å²) in [5.74, 6) is 0. The average Bonchev–Trinajstić information content (AvgIpc) is 2.04. The molecule has 0 aromatic heterocycles. The molecule has 0 spiro atoms. The molecule has 0 unspecified atom stereocenters. The van der Waals surface area contributed by atoms with E-state index in [1.165, 1.54) is 0 Å². The summed E-state index contributed by atoms with van der Waals surface area (Å²) >= 11 is 4.95. The summed E-state index contributed by atoms with van der Waals surface area (Å²) < 4.78 is 0. The first-order valence-electron chi connectivity index (χ1n) is 3.44. The molecule has 3 heteroatoms. The van der Waals surface area contributed by atoms with Gasteiger partial charge in [-0.25, -0.2) is 5.32 Å². The Bertz CT molecular complexity index is 296. The van der Waals surface area contributed by atoms with E-state index < -0.39 is 0 Å². The fraction of sp³-hybridized carbons (Fsp3) is 0.125. The van der Waals surface area contributed by atoms with Gasteiger partial charge in [-0.2, -0.15) is 0 Å². The number of hydrogen-bond donors (Lipinski definition) is 1. The van der Waals surface area contributed by atoms with Crippen molar-refractivity contribution in [3.8, 4) is 0 Å². The molecule has 11 heavy (non-hydrogen) atoms. The highest BCUT2D eigenvalue weighted by atomic mass is 32.1. The van der Waals surface area contributed by atoms with E-state index in [1.807, 2.05) is 24.3 Å². The van der Waals surface area contributed by atoms with Crippen LogP contribution in [-0.2, 0) is 0 Å². The number of rotatable bonds is 0. The summed E-state index contributed by atoms with van der Waals surface area (Å²) in [5.41, 5.74) is 2.02. The quantitative estimate of drug-likeness (QED) is 0.589. The summed E-state index contributed by atoms with van der Waals surface area (Å²) in [6.07, 6.45) is 0. The Morgan fingerprint density at radius 1 is 1.36 bits per heavy atom. The van der Waals surface area contributed by atoms with Gasteiger partial charge in [0.15, 0.2) is 0 Å². The molecule has 1 aliphatic heterocycles. The standard InChI is InChI=1S/C8H7N2S/c11-8-5-9-6-3-1-2-4-7(6)10-8/h1-4,9H,5H2. The zero-order valence-electron chi connectivity index (χ0n) is 5.87. The van der Waals surface area contributed by atoms with Gasteiger partial charge < -0.3 is 5.32 Å². The Kier molecular flexibility index (Phi) is 1.51. The van der Waals surface area contributed by atoms with Crippen molar-refractivity contribution in [2.24, 2.45) is 0 Å². The number of fused-ring (bicyclic) bond motifs is 1. The lowest BCUT2D eigenvalue weighted by Crippen LogP contribution is -2.24. The molecular weight excluding hydrogens is 156 g/mol. The van der Waals surface area contributed by atoms with Gasteiger partial charge in [-0.05, 0) is 12.1 Å². The van der Waals surface area contributed by atoms with Crippen LogP contribution >= 0.6 is 12.2 Å². The number of benzene rings is 1. The minimum Gasteiger partial charge on any atom is -0.377 e. The molecule has 1 radical (unpaired) electrons. The first-order chi connectivity index (χ1) is 5.36. The fourth-order valence-corrected chi connectivity index (χ4v) is 1.24. The topological polar surface area (TPSA) is 26.1 Å². The van der Waals surface area contributed by atoms with Gasteiger partial charge in [0.25, 0.3) is 0 Å². The minimum atomic E-state index is 0.687. The number of para-hydroxylation sites is 2. The lowest BCUT2D eigenvalue weighted by atomic mass is 10.2. The van der Waals surface area contributed by atoms with E-state index in [0.717, 1.165) is 16.4 Å². The van der Waals surface area contributed by atoms with Gasteiger partial charge in [0.2, 0.25) is 0 Å². The average molecular weight is 163 g/mol. The highest BCUT2D eigenvalue weighted by Gasteiger charge is 2.10. The summed E-state index contributed by atoms with van der Waals surface area (Å²) in [6, 6.07) is 7.89. The molecule has 0 bridgehead atoms. The van der Waals surface area contributed by atoms with E-state index in [-0.39, 0.29) is 0 Å². The normalized spacial score (nSPS) is 14.7. The molecule has 2 nitrogen and oxygen atoms in total. The largest absolute Gasteiger partial charge is 0.377 e. The molecule has 0 fully saturated rings. The molecule has 0 aliphatic carbocycles. The number of nitrogens with one attached hydrogen (secondary N) is 1. The van der Waals surface area contributed by atoms with E-state index in [4.69, 9.17) is 12.2 Å². The first kappa shape index (κ1) is 6.61. The van der Waals surface area contributed by atoms with Crippen LogP contribution in [0.5, 0.6) is 0 Å². The zero-order chi connectivity index (χ0) is 7.68. The van der Waals surface area contributed by atoms with Gasteiger partial charge in [0.1, 0.15) is 4.99 Å². The second-order valence-electron chi connectivity index (χ2n) is 2.38. The van der Waals surface area contributed by atoms with Crippen LogP contribution in [-0.4, -0.2) is 11.5 Å². The van der Waals surface area contributed by atoms with Crippen molar-refractivity contribution in [2.75, 3.05) is 11.9 Å². The third-order valence-corrected chi connectivity index (χ3v) is 1.81. The van der Waals surface area contributed by atoms with Crippen LogP contribution in [0.1, 0.15) is 0 Å². The van der Waals surface area contributed by atoms with Gasteiger partial charge >= 0.3 is 0 Å². The minimum absolute atomic E-state index is 0.687. The van der Waals surface area contributed by atoms with E-state index in [0.29, 0.717) is 6.54 Å². The summed E-state index contributed by atoms with van der Waals surface area (Å²) in [5, 5.41) is 7.39. The Morgan fingerprint density at radius 3 is 3.09 bits per heavy atom. The van der Waals surface area contributed by atoms with Crippen molar-refractivity contribution in [1.29, 1.82) is 0 Å². The fourth-order valence-electron chi connectivity index (χ4n) is 1.07. The first-order valence-corrected chi connectivity index (χ1v) is 3.84. The molecule has 55 valence electrons. The molecular formula is C8H7N2S. The monoisotopic (exact) mass is 163 g/mol. The van der Waals surface area contributed by atoms with Crippen LogP contribution < -0.4 is 10.6 Å². The molecule has 1 aliphatic rings. The van der Waals surface area contributed by atoms with Crippen LogP contribution in [0, 0.1) is 0 Å². The smallest absolute Gasteiger partial charge is 0.123 e. The number of hydrogen-bond acceptors (Lipinski definition) is 2. The molecule has 1 aromatic rings. The molecule has 0 saturated heterocycles. The van der Waals surface area contributed by atoms with Crippen LogP contribution in [0.4, 0.5) is 11.4 Å². The van der Waals surface area contributed by atoms with Crippen molar-refractivity contribution in [3.63, 3.8) is 0 Å². The van der Waals surface area contributed by atoms with Gasteiger partial charge in [-0.15, -0.1) is 0 Å². The highest BCUT2D eigenvalue weighted by molar-refractivity contribution is 7.80. The van der Waals surface area contributed by atoms with Gasteiger partial charge in [-0.3, -0.25) is 0 Å². The highest BCUT2D eigenvalue weighted by Crippen LogP contribution is 2.23. The SMILES string of the molecule is S=C1CNc2ccccc2[N]1. The van der Waals surface area contributed by atoms with E-state index in [2.05, 4.69) is 10.6 Å². The predicted octanol–water partition coefficient (Wildman–Crippen LogP) is 1.68. The van der Waals surface area contributed by atoms with Gasteiger partial charge in [-0.1, -0.05) is 24.4 Å². The molecule has 0 saturated carbocycles. The molecule has 0 amide bonds. The number of nitrogens with zero attached hydrogens (tertiary/aromatic N) is 1. The van der Waals surface area contributed by atoms with Crippen LogP contribution in [0.15, 0.2) is 24.3 Å². The van der Waals surface area contributed by atoms with Crippen molar-refractivity contribution >= 4 is 28.6 Å². The summed E-state index contributed by atoms with van der Waals surface area (Å²) in [4.78, 5) is 0.726. The maximum absolute atomic E-state index is 4.95. The van der Waals surface area contributed by atoms with Crippen LogP contribution in [0.3, 0.4) is 0 Å². The predicted molar refractivity (Wildman–Crippen MR) is 49.3 cm³/mol. The molecule has 1 heterocycles. The lowest BCUT2D eigenvalue weighted by molar-refractivity contribution is 1.17. The van der Waals surface area contributed by atoms with Crippen molar-refractivity contribution in [3.05, 3.63) is 24.3 Å². The molecule has 0 atom stereocenters. The van der Waals surface area contributed by atoms with Crippen molar-refractivity contribution in [2.45, 2.75) is 0 Å². The second kappa shape index (κ2) is 2.51. The Balaban J connectivity index is 2.41. The molecule has 2 rings (SSSR count). The van der Waals surface area contributed by atoms with Gasteiger partial charge in [0.05, 0.1) is 17.9 Å². The zero-order valence-corrected chi connectivity index (χ0v) is 6.69. The maximum Gasteiger partial charge on any atom is 0.123 e. The Hall–Kier alpha value is -1.09. The molecule has 1 N–H and O–H groups in total. The van der Waals surface area contributed by atoms with Crippen molar-refractivity contribution in [1.82, 2.24) is 5.32 Å². The van der Waals surface area contributed by atoms with E-state index >= 15 is 0 Å². The third kappa shape index (κ3) is 1.19. The van der Waals surface area contributed by atoms with E-state index in [9.17, 15) is 0 Å². The molecule has 1 aromatic carbocycles. The van der Waals surface area contributed by atoms with E-state index in [1.54, 1.807) is 0 Å². The lowest BCUT2D eigenvalue weighted by Gasteiger charge is -2.17. The number of thiocarbonyl (C=S) groups is 1. The van der Waals surface area contributed by atoms with Crippen molar-refractivity contribution < 1.29 is 0 Å². The second-order valence-corrected chi connectivity index (χ2v) is 2.85. The van der Waals surface area contributed by atoms with Gasteiger partial charge in [0, 0.05) is 0 Å². The number of anilines is 1. The summed E-state index contributed by atoms with van der Waals surface area (Å²) in [7, 11) is 0. The van der Waals surface area contributed by atoms with Crippen LogP contribution in [0.25, 0.3) is 0 Å². The maximum atomic E-state index is 4.95.